The quantitative estimate of drug-likeness (QED) is 0.664. The lowest BCUT2D eigenvalue weighted by Crippen LogP contribution is -2.53. The number of aliphatic hydroxyl groups is 1. The van der Waals surface area contributed by atoms with Crippen LogP contribution in [0.1, 0.15) is 12.8 Å². The highest BCUT2D eigenvalue weighted by molar-refractivity contribution is 5.89. The van der Waals surface area contributed by atoms with Crippen molar-refractivity contribution >= 4 is 11.7 Å². The summed E-state index contributed by atoms with van der Waals surface area (Å²) >= 11 is 0. The average Bonchev–Trinajstić information content (AvgIpc) is 2.46. The minimum absolute atomic E-state index is 0.0390. The van der Waals surface area contributed by atoms with Crippen molar-refractivity contribution in [1.82, 2.24) is 10.6 Å². The molecule has 2 amide bonds. The summed E-state index contributed by atoms with van der Waals surface area (Å²) in [6, 6.07) is 5.18. The van der Waals surface area contributed by atoms with Crippen molar-refractivity contribution < 1.29 is 23.4 Å². The molecule has 0 aromatic heterocycles. The van der Waals surface area contributed by atoms with Crippen LogP contribution in [0.2, 0.25) is 0 Å². The molecular weight excluding hydrogens is 296 g/mol. The van der Waals surface area contributed by atoms with E-state index in [1.807, 2.05) is 0 Å². The topological polar surface area (TPSA) is 82.6 Å². The normalized spacial score (nSPS) is 21.5. The van der Waals surface area contributed by atoms with Crippen molar-refractivity contribution in [3.8, 4) is 5.75 Å². The van der Waals surface area contributed by atoms with Gasteiger partial charge in [-0.25, -0.2) is 4.79 Å². The standard InChI is InChI=1S/C14H19F2N3O3/c15-12(16)22-11-4-1-3-10(7-11)19-13(20)18-9-14(21)5-2-6-17-8-14/h1,3-4,7,12,17,21H,2,5-6,8-9H2,(H2,18,19,20)/t14-/m1/s1. The molecule has 122 valence electrons. The first-order valence-electron chi connectivity index (χ1n) is 7.00. The molecule has 1 fully saturated rings. The number of rotatable bonds is 5. The molecule has 1 saturated heterocycles. The van der Waals surface area contributed by atoms with Crippen LogP contribution >= 0.6 is 0 Å². The van der Waals surface area contributed by atoms with Crippen LogP contribution in [0.3, 0.4) is 0 Å². The minimum atomic E-state index is -2.92. The van der Waals surface area contributed by atoms with E-state index < -0.39 is 18.2 Å². The number of hydrogen-bond donors (Lipinski definition) is 4. The van der Waals surface area contributed by atoms with Gasteiger partial charge in [0, 0.05) is 24.8 Å². The molecular formula is C14H19F2N3O3. The molecule has 0 bridgehead atoms. The SMILES string of the molecule is O=C(NC[C@@]1(O)CCCNC1)Nc1cccc(OC(F)F)c1. The van der Waals surface area contributed by atoms with Crippen molar-refractivity contribution in [2.24, 2.45) is 0 Å². The van der Waals surface area contributed by atoms with E-state index in [1.165, 1.54) is 18.2 Å². The van der Waals surface area contributed by atoms with E-state index in [9.17, 15) is 18.7 Å². The second-order valence-electron chi connectivity index (χ2n) is 5.22. The Morgan fingerprint density at radius 2 is 2.32 bits per heavy atom. The fourth-order valence-electron chi connectivity index (χ4n) is 2.27. The highest BCUT2D eigenvalue weighted by atomic mass is 19.3. The number of halogens is 2. The van der Waals surface area contributed by atoms with Crippen LogP contribution in [-0.2, 0) is 0 Å². The summed E-state index contributed by atoms with van der Waals surface area (Å²) in [7, 11) is 0. The van der Waals surface area contributed by atoms with Crippen molar-refractivity contribution in [2.45, 2.75) is 25.1 Å². The summed E-state index contributed by atoms with van der Waals surface area (Å²) in [5, 5.41) is 18.4. The second-order valence-corrected chi connectivity index (χ2v) is 5.22. The number of nitrogens with one attached hydrogen (secondary N) is 3. The van der Waals surface area contributed by atoms with Crippen LogP contribution < -0.4 is 20.7 Å². The summed E-state index contributed by atoms with van der Waals surface area (Å²) in [5.41, 5.74) is -0.639. The Labute approximate surface area is 126 Å². The van der Waals surface area contributed by atoms with Crippen LogP contribution in [0.15, 0.2) is 24.3 Å². The lowest BCUT2D eigenvalue weighted by Gasteiger charge is -2.32. The monoisotopic (exact) mass is 315 g/mol. The highest BCUT2D eigenvalue weighted by Gasteiger charge is 2.29. The molecule has 1 aromatic rings. The number of piperidine rings is 1. The molecule has 1 atom stereocenters. The molecule has 1 aliphatic rings. The third-order valence-electron chi connectivity index (χ3n) is 3.34. The zero-order chi connectivity index (χ0) is 16.0. The number of benzene rings is 1. The van der Waals surface area contributed by atoms with Gasteiger partial charge in [0.05, 0.1) is 5.60 Å². The number of ether oxygens (including phenoxy) is 1. The van der Waals surface area contributed by atoms with E-state index in [0.717, 1.165) is 13.0 Å². The fraction of sp³-hybridized carbons (Fsp3) is 0.500. The molecule has 1 aliphatic heterocycles. The average molecular weight is 315 g/mol. The summed E-state index contributed by atoms with van der Waals surface area (Å²) in [4.78, 5) is 11.8. The van der Waals surface area contributed by atoms with Gasteiger partial charge in [-0.1, -0.05) is 6.07 Å². The molecule has 22 heavy (non-hydrogen) atoms. The van der Waals surface area contributed by atoms with Crippen molar-refractivity contribution in [2.75, 3.05) is 25.0 Å². The lowest BCUT2D eigenvalue weighted by molar-refractivity contribution is -0.0498. The maximum atomic E-state index is 12.1. The first-order chi connectivity index (χ1) is 10.5. The van der Waals surface area contributed by atoms with Gasteiger partial charge in [0.15, 0.2) is 0 Å². The molecule has 0 unspecified atom stereocenters. The zero-order valence-electron chi connectivity index (χ0n) is 11.9. The summed E-state index contributed by atoms with van der Waals surface area (Å²) in [6.07, 6.45) is 1.45. The van der Waals surface area contributed by atoms with E-state index in [1.54, 1.807) is 6.07 Å². The summed E-state index contributed by atoms with van der Waals surface area (Å²) < 4.78 is 28.5. The van der Waals surface area contributed by atoms with Gasteiger partial charge in [-0.05, 0) is 31.5 Å². The maximum absolute atomic E-state index is 12.1. The Morgan fingerprint density at radius 1 is 1.50 bits per heavy atom. The predicted molar refractivity (Wildman–Crippen MR) is 77.1 cm³/mol. The number of amides is 2. The third kappa shape index (κ3) is 5.12. The molecule has 6 nitrogen and oxygen atoms in total. The Hall–Kier alpha value is -1.93. The van der Waals surface area contributed by atoms with Gasteiger partial charge in [0.1, 0.15) is 5.75 Å². The Morgan fingerprint density at radius 3 is 3.00 bits per heavy atom. The van der Waals surface area contributed by atoms with Gasteiger partial charge in [0.2, 0.25) is 0 Å². The van der Waals surface area contributed by atoms with Crippen LogP contribution in [0.5, 0.6) is 5.75 Å². The zero-order valence-corrected chi connectivity index (χ0v) is 11.9. The third-order valence-corrected chi connectivity index (χ3v) is 3.34. The van der Waals surface area contributed by atoms with Crippen LogP contribution in [0, 0.1) is 0 Å². The molecule has 8 heteroatoms. The van der Waals surface area contributed by atoms with Crippen LogP contribution in [0.25, 0.3) is 0 Å². The number of β-amino-alcohol motifs (C(OH)–C–C–N with tert-alkyl or cyclic N) is 1. The van der Waals surface area contributed by atoms with E-state index >= 15 is 0 Å². The van der Waals surface area contributed by atoms with E-state index in [-0.39, 0.29) is 12.3 Å². The molecule has 1 heterocycles. The highest BCUT2D eigenvalue weighted by Crippen LogP contribution is 2.19. The van der Waals surface area contributed by atoms with Crippen LogP contribution in [-0.4, -0.2) is 43.0 Å². The summed E-state index contributed by atoms with van der Waals surface area (Å²) in [6.45, 7) is -1.53. The first-order valence-corrected chi connectivity index (χ1v) is 7.00. The van der Waals surface area contributed by atoms with Gasteiger partial charge in [0.25, 0.3) is 0 Å². The molecule has 4 N–H and O–H groups in total. The van der Waals surface area contributed by atoms with Crippen molar-refractivity contribution in [3.05, 3.63) is 24.3 Å². The molecule has 0 aliphatic carbocycles. The van der Waals surface area contributed by atoms with Gasteiger partial charge >= 0.3 is 12.6 Å². The lowest BCUT2D eigenvalue weighted by atomic mass is 9.94. The Bertz CT molecular complexity index is 508. The van der Waals surface area contributed by atoms with Crippen molar-refractivity contribution in [1.29, 1.82) is 0 Å². The number of hydrogen-bond acceptors (Lipinski definition) is 4. The van der Waals surface area contributed by atoms with E-state index in [2.05, 4.69) is 20.7 Å². The summed E-state index contributed by atoms with van der Waals surface area (Å²) in [5.74, 6) is -0.0390. The largest absolute Gasteiger partial charge is 0.435 e. The maximum Gasteiger partial charge on any atom is 0.387 e. The second kappa shape index (κ2) is 7.37. The van der Waals surface area contributed by atoms with Gasteiger partial charge < -0.3 is 25.8 Å². The smallest absolute Gasteiger partial charge is 0.387 e. The number of carbonyl (C=O) groups is 1. The Kier molecular flexibility index (Phi) is 5.51. The van der Waals surface area contributed by atoms with Gasteiger partial charge in [-0.15, -0.1) is 0 Å². The first kappa shape index (κ1) is 16.4. The van der Waals surface area contributed by atoms with Gasteiger partial charge in [-0.3, -0.25) is 0 Å². The number of alkyl halides is 2. The predicted octanol–water partition coefficient (Wildman–Crippen LogP) is 1.52. The van der Waals surface area contributed by atoms with Gasteiger partial charge in [-0.2, -0.15) is 8.78 Å². The molecule has 2 rings (SSSR count). The van der Waals surface area contributed by atoms with Crippen molar-refractivity contribution in [3.63, 3.8) is 0 Å². The molecule has 0 radical (unpaired) electrons. The van der Waals surface area contributed by atoms with Crippen LogP contribution in [0.4, 0.5) is 19.3 Å². The Balaban J connectivity index is 1.84. The minimum Gasteiger partial charge on any atom is -0.435 e. The fourth-order valence-corrected chi connectivity index (χ4v) is 2.27. The number of urea groups is 1. The van der Waals surface area contributed by atoms with E-state index in [4.69, 9.17) is 0 Å². The molecule has 0 saturated carbocycles. The number of anilines is 1. The molecule has 0 spiro atoms. The molecule has 1 aromatic carbocycles. The van der Waals surface area contributed by atoms with E-state index in [0.29, 0.717) is 18.7 Å². The number of carbonyl (C=O) groups excluding carboxylic acids is 1.